The molecule has 0 aromatic carbocycles. The molecule has 0 spiro atoms. The third kappa shape index (κ3) is 6.27. The Bertz CT molecular complexity index is 218. The number of hydrogen-bond donors (Lipinski definition) is 1. The molecule has 0 amide bonds. The zero-order valence-corrected chi connectivity index (χ0v) is 10.2. The van der Waals surface area contributed by atoms with Crippen molar-refractivity contribution in [2.45, 2.75) is 51.3 Å². The van der Waals surface area contributed by atoms with E-state index < -0.39 is 12.8 Å². The van der Waals surface area contributed by atoms with Crippen molar-refractivity contribution in [3.05, 3.63) is 0 Å². The van der Waals surface area contributed by atoms with E-state index in [1.807, 2.05) is 0 Å². The number of alkyl halides is 3. The number of rotatable bonds is 5. The normalized spacial score (nSPS) is 30.5. The van der Waals surface area contributed by atoms with Crippen LogP contribution in [0, 0.1) is 11.8 Å². The largest absolute Gasteiger partial charge is 0.411 e. The van der Waals surface area contributed by atoms with Crippen LogP contribution in [0.1, 0.15) is 39.0 Å². The maximum Gasteiger partial charge on any atom is 0.411 e. The molecule has 1 rings (SSSR count). The fourth-order valence-electron chi connectivity index (χ4n) is 2.43. The van der Waals surface area contributed by atoms with Gasteiger partial charge in [-0.3, -0.25) is 0 Å². The lowest BCUT2D eigenvalue weighted by Crippen LogP contribution is -2.28. The summed E-state index contributed by atoms with van der Waals surface area (Å²) in [5.41, 5.74) is 0. The van der Waals surface area contributed by atoms with Gasteiger partial charge in [0.25, 0.3) is 0 Å². The summed E-state index contributed by atoms with van der Waals surface area (Å²) < 4.78 is 39.9. The van der Waals surface area contributed by atoms with Crippen molar-refractivity contribution in [1.29, 1.82) is 0 Å². The van der Waals surface area contributed by atoms with Gasteiger partial charge in [-0.15, -0.1) is 0 Å². The van der Waals surface area contributed by atoms with Crippen LogP contribution >= 0.6 is 0 Å². The van der Waals surface area contributed by atoms with E-state index in [0.717, 1.165) is 25.7 Å². The number of aliphatic hydroxyl groups is 1. The standard InChI is InChI=1S/C12H21F3O2/c1-9-4-5-11(16)10(7-9)3-2-6-17-8-12(13,14)15/h9-11,16H,2-8H2,1H3. The second kappa shape index (κ2) is 6.59. The van der Waals surface area contributed by atoms with Gasteiger partial charge in [0.2, 0.25) is 0 Å². The van der Waals surface area contributed by atoms with E-state index in [1.54, 1.807) is 0 Å². The minimum Gasteiger partial charge on any atom is -0.393 e. The summed E-state index contributed by atoms with van der Waals surface area (Å²) in [6.45, 7) is 1.10. The smallest absolute Gasteiger partial charge is 0.393 e. The Kier molecular flexibility index (Phi) is 5.73. The number of ether oxygens (including phenoxy) is 1. The van der Waals surface area contributed by atoms with Crippen molar-refractivity contribution in [3.63, 3.8) is 0 Å². The predicted molar refractivity (Wildman–Crippen MR) is 58.6 cm³/mol. The first-order chi connectivity index (χ1) is 7.88. The van der Waals surface area contributed by atoms with Crippen LogP contribution in [0.2, 0.25) is 0 Å². The molecule has 17 heavy (non-hydrogen) atoms. The summed E-state index contributed by atoms with van der Waals surface area (Å²) in [7, 11) is 0. The van der Waals surface area contributed by atoms with Gasteiger partial charge in [0, 0.05) is 6.61 Å². The van der Waals surface area contributed by atoms with Gasteiger partial charge in [-0.2, -0.15) is 13.2 Å². The molecule has 2 nitrogen and oxygen atoms in total. The predicted octanol–water partition coefficient (Wildman–Crippen LogP) is 3.14. The van der Waals surface area contributed by atoms with Crippen LogP contribution in [-0.2, 0) is 4.74 Å². The van der Waals surface area contributed by atoms with Crippen molar-refractivity contribution >= 4 is 0 Å². The Hall–Kier alpha value is -0.290. The Morgan fingerprint density at radius 1 is 1.29 bits per heavy atom. The van der Waals surface area contributed by atoms with Gasteiger partial charge in [0.05, 0.1) is 6.10 Å². The number of aliphatic hydroxyl groups excluding tert-OH is 1. The van der Waals surface area contributed by atoms with Crippen molar-refractivity contribution < 1.29 is 23.0 Å². The summed E-state index contributed by atoms with van der Waals surface area (Å²) in [4.78, 5) is 0. The van der Waals surface area contributed by atoms with Crippen LogP contribution in [0.25, 0.3) is 0 Å². The highest BCUT2D eigenvalue weighted by Gasteiger charge is 2.28. The van der Waals surface area contributed by atoms with E-state index in [2.05, 4.69) is 11.7 Å². The Morgan fingerprint density at radius 3 is 2.65 bits per heavy atom. The van der Waals surface area contributed by atoms with Gasteiger partial charge in [-0.05, 0) is 43.9 Å². The molecular formula is C12H21F3O2. The van der Waals surface area contributed by atoms with E-state index >= 15 is 0 Å². The van der Waals surface area contributed by atoms with Crippen molar-refractivity contribution in [2.24, 2.45) is 11.8 Å². The van der Waals surface area contributed by atoms with Crippen molar-refractivity contribution in [1.82, 2.24) is 0 Å². The lowest BCUT2D eigenvalue weighted by molar-refractivity contribution is -0.174. The first-order valence-corrected chi connectivity index (χ1v) is 6.21. The van der Waals surface area contributed by atoms with Crippen molar-refractivity contribution in [2.75, 3.05) is 13.2 Å². The fraction of sp³-hybridized carbons (Fsp3) is 1.00. The van der Waals surface area contributed by atoms with E-state index in [0.29, 0.717) is 12.3 Å². The minimum atomic E-state index is -4.24. The van der Waals surface area contributed by atoms with E-state index in [1.165, 1.54) is 0 Å². The van der Waals surface area contributed by atoms with Crippen LogP contribution in [-0.4, -0.2) is 30.6 Å². The van der Waals surface area contributed by atoms with Crippen LogP contribution in [0.15, 0.2) is 0 Å². The molecule has 0 saturated heterocycles. The summed E-state index contributed by atoms with van der Waals surface area (Å²) >= 11 is 0. The fourth-order valence-corrected chi connectivity index (χ4v) is 2.43. The molecule has 1 aliphatic rings. The second-order valence-electron chi connectivity index (χ2n) is 5.06. The topological polar surface area (TPSA) is 29.5 Å². The van der Waals surface area contributed by atoms with Crippen LogP contribution in [0.3, 0.4) is 0 Å². The summed E-state index contributed by atoms with van der Waals surface area (Å²) in [5.74, 6) is 0.840. The quantitative estimate of drug-likeness (QED) is 0.764. The molecule has 1 aliphatic carbocycles. The third-order valence-electron chi connectivity index (χ3n) is 3.33. The molecule has 102 valence electrons. The molecular weight excluding hydrogens is 233 g/mol. The summed E-state index contributed by atoms with van der Waals surface area (Å²) in [6.07, 6.45) is -0.348. The lowest BCUT2D eigenvalue weighted by atomic mass is 9.78. The van der Waals surface area contributed by atoms with Gasteiger partial charge < -0.3 is 9.84 Å². The highest BCUT2D eigenvalue weighted by Crippen LogP contribution is 2.31. The highest BCUT2D eigenvalue weighted by molar-refractivity contribution is 4.77. The number of halogens is 3. The summed E-state index contributed by atoms with van der Waals surface area (Å²) in [6, 6.07) is 0. The van der Waals surface area contributed by atoms with Gasteiger partial charge in [-0.1, -0.05) is 6.92 Å². The van der Waals surface area contributed by atoms with E-state index in [4.69, 9.17) is 0 Å². The van der Waals surface area contributed by atoms with Crippen LogP contribution in [0.5, 0.6) is 0 Å². The third-order valence-corrected chi connectivity index (χ3v) is 3.33. The molecule has 3 unspecified atom stereocenters. The molecule has 0 aromatic rings. The number of hydrogen-bond acceptors (Lipinski definition) is 2. The molecule has 3 atom stereocenters. The highest BCUT2D eigenvalue weighted by atomic mass is 19.4. The molecule has 0 aromatic heterocycles. The first kappa shape index (κ1) is 14.8. The van der Waals surface area contributed by atoms with Gasteiger partial charge >= 0.3 is 6.18 Å². The van der Waals surface area contributed by atoms with Gasteiger partial charge in [0.1, 0.15) is 6.61 Å². The van der Waals surface area contributed by atoms with E-state index in [-0.39, 0.29) is 18.6 Å². The van der Waals surface area contributed by atoms with Gasteiger partial charge in [0.15, 0.2) is 0 Å². The zero-order valence-electron chi connectivity index (χ0n) is 10.2. The summed E-state index contributed by atoms with van der Waals surface area (Å²) in [5, 5.41) is 9.75. The second-order valence-corrected chi connectivity index (χ2v) is 5.06. The van der Waals surface area contributed by atoms with E-state index in [9.17, 15) is 18.3 Å². The molecule has 0 bridgehead atoms. The Labute approximate surface area is 100 Å². The van der Waals surface area contributed by atoms with Crippen molar-refractivity contribution in [3.8, 4) is 0 Å². The first-order valence-electron chi connectivity index (χ1n) is 6.21. The molecule has 0 radical (unpaired) electrons. The molecule has 1 N–H and O–H groups in total. The van der Waals surface area contributed by atoms with Crippen LogP contribution in [0.4, 0.5) is 13.2 Å². The molecule has 5 heteroatoms. The SMILES string of the molecule is CC1CCC(O)C(CCCOCC(F)(F)F)C1. The molecule has 1 saturated carbocycles. The Balaban J connectivity index is 2.09. The van der Waals surface area contributed by atoms with Gasteiger partial charge in [-0.25, -0.2) is 0 Å². The molecule has 1 fully saturated rings. The minimum absolute atomic E-state index is 0.122. The maximum atomic E-state index is 11.8. The maximum absolute atomic E-state index is 11.8. The van der Waals surface area contributed by atoms with Crippen LogP contribution < -0.4 is 0 Å². The average molecular weight is 254 g/mol. The molecule has 0 heterocycles. The Morgan fingerprint density at radius 2 is 2.00 bits per heavy atom. The lowest BCUT2D eigenvalue weighted by Gasteiger charge is -2.31. The average Bonchev–Trinajstić information content (AvgIpc) is 2.21. The molecule has 0 aliphatic heterocycles. The zero-order chi connectivity index (χ0) is 12.9. The monoisotopic (exact) mass is 254 g/mol.